The number of hydrogen-bond donors (Lipinski definition) is 0. The van der Waals surface area contributed by atoms with Crippen molar-refractivity contribution in [1.82, 2.24) is 14.8 Å². The molecule has 36 heavy (non-hydrogen) atoms. The molecule has 0 bridgehead atoms. The second-order valence-electron chi connectivity index (χ2n) is 8.81. The molecule has 1 aliphatic rings. The Morgan fingerprint density at radius 2 is 1.78 bits per heavy atom. The molecule has 1 aromatic heterocycles. The van der Waals surface area contributed by atoms with E-state index in [0.29, 0.717) is 50.5 Å². The normalized spacial score (nSPS) is 14.3. The van der Waals surface area contributed by atoms with Gasteiger partial charge in [-0.3, -0.25) is 14.5 Å². The van der Waals surface area contributed by atoms with Gasteiger partial charge in [-0.1, -0.05) is 30.3 Å². The molecule has 190 valence electrons. The predicted molar refractivity (Wildman–Crippen MR) is 128 cm³/mol. The summed E-state index contributed by atoms with van der Waals surface area (Å²) in [6.45, 7) is 3.90. The van der Waals surface area contributed by atoms with Crippen LogP contribution in [0.4, 0.5) is 8.78 Å². The maximum absolute atomic E-state index is 14.3. The standard InChI is InChI=1S/C27H29F2N3O4/c1-2-35-27(34)20-11-13-32(14-12-20)26(33)24-18-36-25(30-24)17-31(15-19-7-9-22(28)10-8-19)16-21-5-3-4-6-23(21)29/h3-10,18,20H,2,11-17H2,1H3. The first-order chi connectivity index (χ1) is 17.4. The fourth-order valence-electron chi connectivity index (χ4n) is 4.30. The number of benzene rings is 2. The first-order valence-corrected chi connectivity index (χ1v) is 12.0. The lowest BCUT2D eigenvalue weighted by Crippen LogP contribution is -2.40. The highest BCUT2D eigenvalue weighted by atomic mass is 19.1. The van der Waals surface area contributed by atoms with Crippen molar-refractivity contribution in [2.45, 2.75) is 39.4 Å². The first kappa shape index (κ1) is 25.5. The van der Waals surface area contributed by atoms with Gasteiger partial charge in [0, 0.05) is 31.7 Å². The summed E-state index contributed by atoms with van der Waals surface area (Å²) >= 11 is 0. The Bertz CT molecular complexity index is 1170. The van der Waals surface area contributed by atoms with Crippen LogP contribution in [0.25, 0.3) is 0 Å². The Labute approximate surface area is 208 Å². The zero-order chi connectivity index (χ0) is 25.5. The molecule has 3 aromatic rings. The van der Waals surface area contributed by atoms with Gasteiger partial charge >= 0.3 is 5.97 Å². The van der Waals surface area contributed by atoms with Crippen LogP contribution in [0, 0.1) is 17.6 Å². The zero-order valence-electron chi connectivity index (χ0n) is 20.2. The third kappa shape index (κ3) is 6.54. The van der Waals surface area contributed by atoms with Crippen molar-refractivity contribution in [1.29, 1.82) is 0 Å². The molecule has 0 spiro atoms. The number of halogens is 2. The number of ether oxygens (including phenoxy) is 1. The van der Waals surface area contributed by atoms with Gasteiger partial charge in [-0.05, 0) is 43.5 Å². The van der Waals surface area contributed by atoms with Crippen molar-refractivity contribution in [2.75, 3.05) is 19.7 Å². The van der Waals surface area contributed by atoms with Crippen molar-refractivity contribution in [2.24, 2.45) is 5.92 Å². The second kappa shape index (κ2) is 11.9. The number of piperidine rings is 1. The van der Waals surface area contributed by atoms with Gasteiger partial charge < -0.3 is 14.1 Å². The SMILES string of the molecule is CCOC(=O)C1CCN(C(=O)c2coc(CN(Cc3ccc(F)cc3)Cc3ccccc3F)n2)CC1. The van der Waals surface area contributed by atoms with Crippen LogP contribution in [0.1, 0.15) is 47.3 Å². The molecule has 7 nitrogen and oxygen atoms in total. The van der Waals surface area contributed by atoms with Gasteiger partial charge in [-0.15, -0.1) is 0 Å². The van der Waals surface area contributed by atoms with Gasteiger partial charge in [0.2, 0.25) is 5.89 Å². The van der Waals surface area contributed by atoms with Gasteiger partial charge in [0.25, 0.3) is 5.91 Å². The highest BCUT2D eigenvalue weighted by molar-refractivity contribution is 5.92. The van der Waals surface area contributed by atoms with E-state index in [1.807, 2.05) is 4.90 Å². The van der Waals surface area contributed by atoms with E-state index in [1.165, 1.54) is 24.5 Å². The number of nitrogens with zero attached hydrogens (tertiary/aromatic N) is 3. The molecule has 0 radical (unpaired) electrons. The first-order valence-electron chi connectivity index (χ1n) is 12.0. The van der Waals surface area contributed by atoms with E-state index in [1.54, 1.807) is 42.2 Å². The number of carbonyl (C=O) groups excluding carboxylic acids is 2. The number of esters is 1. The molecule has 0 aliphatic carbocycles. The topological polar surface area (TPSA) is 75.9 Å². The second-order valence-corrected chi connectivity index (χ2v) is 8.81. The van der Waals surface area contributed by atoms with Crippen LogP contribution >= 0.6 is 0 Å². The van der Waals surface area contributed by atoms with Crippen molar-refractivity contribution in [3.8, 4) is 0 Å². The highest BCUT2D eigenvalue weighted by Gasteiger charge is 2.30. The number of oxazole rings is 1. The summed E-state index contributed by atoms with van der Waals surface area (Å²) in [5, 5.41) is 0. The summed E-state index contributed by atoms with van der Waals surface area (Å²) in [7, 11) is 0. The lowest BCUT2D eigenvalue weighted by molar-refractivity contribution is -0.149. The van der Waals surface area contributed by atoms with Crippen LogP contribution in [0.2, 0.25) is 0 Å². The monoisotopic (exact) mass is 497 g/mol. The Kier molecular flexibility index (Phi) is 8.43. The molecule has 1 aliphatic heterocycles. The lowest BCUT2D eigenvalue weighted by atomic mass is 9.97. The fraction of sp³-hybridized carbons (Fsp3) is 0.370. The Morgan fingerprint density at radius 3 is 2.47 bits per heavy atom. The lowest BCUT2D eigenvalue weighted by Gasteiger charge is -2.30. The van der Waals surface area contributed by atoms with Gasteiger partial charge in [-0.25, -0.2) is 13.8 Å². The largest absolute Gasteiger partial charge is 0.466 e. The summed E-state index contributed by atoms with van der Waals surface area (Å²) in [5.74, 6) is -1.01. The van der Waals surface area contributed by atoms with E-state index >= 15 is 0 Å². The van der Waals surface area contributed by atoms with Crippen LogP contribution < -0.4 is 0 Å². The molecule has 0 atom stereocenters. The van der Waals surface area contributed by atoms with Crippen LogP contribution in [-0.4, -0.2) is 46.4 Å². The van der Waals surface area contributed by atoms with Crippen LogP contribution in [0.5, 0.6) is 0 Å². The summed E-state index contributed by atoms with van der Waals surface area (Å²) in [6.07, 6.45) is 2.42. The molecule has 2 heterocycles. The van der Waals surface area contributed by atoms with Crippen molar-refractivity contribution in [3.05, 3.63) is 89.1 Å². The van der Waals surface area contributed by atoms with Gasteiger partial charge in [0.1, 0.15) is 17.9 Å². The predicted octanol–water partition coefficient (Wildman–Crippen LogP) is 4.57. The molecule has 0 N–H and O–H groups in total. The maximum atomic E-state index is 14.3. The van der Waals surface area contributed by atoms with Gasteiger partial charge in [0.05, 0.1) is 19.1 Å². The van der Waals surface area contributed by atoms with Crippen LogP contribution in [-0.2, 0) is 29.2 Å². The molecule has 1 saturated heterocycles. The molecule has 9 heteroatoms. The van der Waals surface area contributed by atoms with Gasteiger partial charge in [0.15, 0.2) is 5.69 Å². The number of aromatic nitrogens is 1. The molecular formula is C27H29F2N3O4. The Hall–Kier alpha value is -3.59. The summed E-state index contributed by atoms with van der Waals surface area (Å²) < 4.78 is 38.4. The minimum Gasteiger partial charge on any atom is -0.466 e. The molecule has 1 amide bonds. The van der Waals surface area contributed by atoms with Crippen molar-refractivity contribution in [3.63, 3.8) is 0 Å². The summed E-state index contributed by atoms with van der Waals surface area (Å²) in [6, 6.07) is 12.6. The summed E-state index contributed by atoms with van der Waals surface area (Å²) in [5.41, 5.74) is 1.54. The van der Waals surface area contributed by atoms with E-state index in [4.69, 9.17) is 9.15 Å². The van der Waals surface area contributed by atoms with Crippen molar-refractivity contribution >= 4 is 11.9 Å². The zero-order valence-corrected chi connectivity index (χ0v) is 20.2. The average molecular weight is 498 g/mol. The third-order valence-corrected chi connectivity index (χ3v) is 6.20. The number of likely N-dealkylation sites (tertiary alicyclic amines) is 1. The molecule has 1 fully saturated rings. The average Bonchev–Trinajstić information content (AvgIpc) is 3.35. The summed E-state index contributed by atoms with van der Waals surface area (Å²) in [4.78, 5) is 32.9. The van der Waals surface area contributed by atoms with E-state index in [2.05, 4.69) is 4.98 Å². The number of hydrogen-bond acceptors (Lipinski definition) is 6. The quantitative estimate of drug-likeness (QED) is 0.403. The molecule has 4 rings (SSSR count). The number of amides is 1. The number of carbonyl (C=O) groups is 2. The Balaban J connectivity index is 1.42. The van der Waals surface area contributed by atoms with Gasteiger partial charge in [-0.2, -0.15) is 0 Å². The third-order valence-electron chi connectivity index (χ3n) is 6.20. The van der Waals surface area contributed by atoms with Crippen LogP contribution in [0.3, 0.4) is 0 Å². The van der Waals surface area contributed by atoms with E-state index in [9.17, 15) is 18.4 Å². The molecular weight excluding hydrogens is 468 g/mol. The van der Waals surface area contributed by atoms with E-state index in [-0.39, 0.29) is 48.2 Å². The number of rotatable bonds is 9. The van der Waals surface area contributed by atoms with E-state index < -0.39 is 0 Å². The minimum atomic E-state index is -0.332. The maximum Gasteiger partial charge on any atom is 0.309 e. The highest BCUT2D eigenvalue weighted by Crippen LogP contribution is 2.21. The minimum absolute atomic E-state index is 0.187. The fourth-order valence-corrected chi connectivity index (χ4v) is 4.30. The molecule has 0 unspecified atom stereocenters. The van der Waals surface area contributed by atoms with E-state index in [0.717, 1.165) is 5.56 Å². The molecule has 0 saturated carbocycles. The smallest absolute Gasteiger partial charge is 0.309 e. The Morgan fingerprint density at radius 1 is 1.06 bits per heavy atom. The van der Waals surface area contributed by atoms with Crippen LogP contribution in [0.15, 0.2) is 59.2 Å². The molecule has 2 aromatic carbocycles. The van der Waals surface area contributed by atoms with Crippen molar-refractivity contribution < 1.29 is 27.5 Å².